The van der Waals surface area contributed by atoms with E-state index in [-0.39, 0.29) is 11.7 Å². The van der Waals surface area contributed by atoms with Crippen LogP contribution in [0.1, 0.15) is 48.9 Å². The Bertz CT molecular complexity index is 865. The first-order valence-corrected chi connectivity index (χ1v) is 12.3. The van der Waals surface area contributed by atoms with Crippen molar-refractivity contribution >= 4 is 11.6 Å². The van der Waals surface area contributed by atoms with E-state index in [0.717, 1.165) is 63.8 Å². The molecule has 174 valence electrons. The molecule has 1 heterocycles. The average Bonchev–Trinajstić information content (AvgIpc) is 3.15. The molecule has 1 aliphatic heterocycles. The van der Waals surface area contributed by atoms with Crippen LogP contribution >= 0.6 is 11.6 Å². The van der Waals surface area contributed by atoms with E-state index in [0.29, 0.717) is 12.1 Å². The Morgan fingerprint density at radius 3 is 2.44 bits per heavy atom. The highest BCUT2D eigenvalue weighted by molar-refractivity contribution is 6.30. The van der Waals surface area contributed by atoms with Gasteiger partial charge in [0.15, 0.2) is 0 Å². The normalized spacial score (nSPS) is 21.9. The number of piperazine rings is 1. The van der Waals surface area contributed by atoms with Gasteiger partial charge in [-0.2, -0.15) is 0 Å². The number of fused-ring (bicyclic) bond motifs is 1. The van der Waals surface area contributed by atoms with E-state index < -0.39 is 0 Å². The third-order valence-corrected chi connectivity index (χ3v) is 7.06. The molecule has 1 aliphatic carbocycles. The molecule has 2 aromatic rings. The molecule has 0 saturated carbocycles. The Kier molecular flexibility index (Phi) is 8.19. The number of halogens is 2. The largest absolute Gasteiger partial charge is 0.314 e. The minimum absolute atomic E-state index is 0.184. The molecule has 0 aromatic heterocycles. The summed E-state index contributed by atoms with van der Waals surface area (Å²) >= 11 is 6.36. The molecule has 1 fully saturated rings. The fourth-order valence-electron chi connectivity index (χ4n) is 5.09. The molecule has 2 N–H and O–H groups in total. The number of benzene rings is 2. The quantitative estimate of drug-likeness (QED) is 0.549. The molecular formula is C26H36ClFN4. The second kappa shape index (κ2) is 11.1. The van der Waals surface area contributed by atoms with E-state index in [1.807, 2.05) is 18.2 Å². The third-order valence-electron chi connectivity index (χ3n) is 6.82. The van der Waals surface area contributed by atoms with Crippen LogP contribution in [0.2, 0.25) is 5.02 Å². The predicted octanol–water partition coefficient (Wildman–Crippen LogP) is 4.26. The van der Waals surface area contributed by atoms with Gasteiger partial charge in [-0.3, -0.25) is 9.80 Å². The van der Waals surface area contributed by atoms with Crippen LogP contribution in [0.25, 0.3) is 0 Å². The van der Waals surface area contributed by atoms with Crippen molar-refractivity contribution in [2.45, 2.75) is 38.3 Å². The van der Waals surface area contributed by atoms with Crippen molar-refractivity contribution in [1.29, 1.82) is 0 Å². The molecule has 6 heteroatoms. The lowest BCUT2D eigenvalue weighted by molar-refractivity contribution is 0.0954. The zero-order chi connectivity index (χ0) is 22.5. The van der Waals surface area contributed by atoms with Crippen LogP contribution < -0.4 is 10.6 Å². The molecule has 4 nitrogen and oxygen atoms in total. The lowest BCUT2D eigenvalue weighted by atomic mass is 9.93. The van der Waals surface area contributed by atoms with E-state index >= 15 is 0 Å². The summed E-state index contributed by atoms with van der Waals surface area (Å²) in [6.45, 7) is 12.9. The van der Waals surface area contributed by atoms with E-state index in [9.17, 15) is 4.39 Å². The Hall–Kier alpha value is -1.50. The van der Waals surface area contributed by atoms with Crippen LogP contribution in [0, 0.1) is 5.82 Å². The average molecular weight is 459 g/mol. The minimum Gasteiger partial charge on any atom is -0.314 e. The van der Waals surface area contributed by atoms with Crippen LogP contribution in [-0.4, -0.2) is 68.2 Å². The fourth-order valence-corrected chi connectivity index (χ4v) is 5.28. The highest BCUT2D eigenvalue weighted by Crippen LogP contribution is 2.47. The first-order valence-electron chi connectivity index (χ1n) is 12.0. The van der Waals surface area contributed by atoms with Gasteiger partial charge in [0.1, 0.15) is 5.82 Å². The van der Waals surface area contributed by atoms with E-state index in [1.54, 1.807) is 12.1 Å². The van der Waals surface area contributed by atoms with Crippen LogP contribution in [0.5, 0.6) is 0 Å². The van der Waals surface area contributed by atoms with Crippen molar-refractivity contribution in [3.63, 3.8) is 0 Å². The van der Waals surface area contributed by atoms with Crippen molar-refractivity contribution in [3.05, 3.63) is 70.0 Å². The summed E-state index contributed by atoms with van der Waals surface area (Å²) in [7, 11) is 0. The third kappa shape index (κ3) is 5.89. The molecule has 2 atom stereocenters. The molecule has 0 unspecified atom stereocenters. The van der Waals surface area contributed by atoms with Crippen LogP contribution in [0.3, 0.4) is 0 Å². The number of hydrogen-bond acceptors (Lipinski definition) is 4. The van der Waals surface area contributed by atoms with Gasteiger partial charge >= 0.3 is 0 Å². The Labute approximate surface area is 197 Å². The topological polar surface area (TPSA) is 30.5 Å². The maximum atomic E-state index is 13.5. The summed E-state index contributed by atoms with van der Waals surface area (Å²) in [5.41, 5.74) is 3.86. The number of nitrogens with one attached hydrogen (secondary N) is 2. The fraction of sp³-hybridized carbons (Fsp3) is 0.538. The number of rotatable bonds is 9. The smallest absolute Gasteiger partial charge is 0.123 e. The second-order valence-corrected chi connectivity index (χ2v) is 9.80. The molecule has 0 amide bonds. The highest BCUT2D eigenvalue weighted by Gasteiger charge is 2.36. The van der Waals surface area contributed by atoms with Crippen molar-refractivity contribution in [2.24, 2.45) is 0 Å². The van der Waals surface area contributed by atoms with Gasteiger partial charge in [-0.25, -0.2) is 4.39 Å². The van der Waals surface area contributed by atoms with Crippen molar-refractivity contribution in [2.75, 3.05) is 52.4 Å². The van der Waals surface area contributed by atoms with Gasteiger partial charge in [0.2, 0.25) is 0 Å². The van der Waals surface area contributed by atoms with Gasteiger partial charge in [-0.05, 0) is 47.4 Å². The lowest BCUT2D eigenvalue weighted by Gasteiger charge is -2.38. The monoisotopic (exact) mass is 458 g/mol. The molecule has 0 radical (unpaired) electrons. The zero-order valence-electron chi connectivity index (χ0n) is 19.3. The summed E-state index contributed by atoms with van der Waals surface area (Å²) in [5, 5.41) is 7.76. The van der Waals surface area contributed by atoms with Crippen molar-refractivity contribution in [3.8, 4) is 0 Å². The van der Waals surface area contributed by atoms with Crippen molar-refractivity contribution in [1.82, 2.24) is 20.4 Å². The second-order valence-electron chi connectivity index (χ2n) is 9.37. The zero-order valence-corrected chi connectivity index (χ0v) is 20.0. The summed E-state index contributed by atoms with van der Waals surface area (Å²) < 4.78 is 13.5. The number of nitrogens with zero attached hydrogens (tertiary/aromatic N) is 2. The molecule has 2 aliphatic rings. The van der Waals surface area contributed by atoms with E-state index in [1.165, 1.54) is 16.7 Å². The molecular weight excluding hydrogens is 423 g/mol. The van der Waals surface area contributed by atoms with Gasteiger partial charge in [0, 0.05) is 75.4 Å². The molecule has 32 heavy (non-hydrogen) atoms. The first-order chi connectivity index (χ1) is 15.5. The Morgan fingerprint density at radius 1 is 0.969 bits per heavy atom. The Morgan fingerprint density at radius 2 is 1.72 bits per heavy atom. The summed E-state index contributed by atoms with van der Waals surface area (Å²) in [6.07, 6.45) is 1.03. The summed E-state index contributed by atoms with van der Waals surface area (Å²) in [4.78, 5) is 5.20. The predicted molar refractivity (Wildman–Crippen MR) is 131 cm³/mol. The molecule has 4 rings (SSSR count). The molecule has 0 bridgehead atoms. The maximum absolute atomic E-state index is 13.5. The van der Waals surface area contributed by atoms with E-state index in [2.05, 4.69) is 46.4 Å². The van der Waals surface area contributed by atoms with Crippen LogP contribution in [0.15, 0.2) is 42.5 Å². The molecule has 0 spiro atoms. The summed E-state index contributed by atoms with van der Waals surface area (Å²) in [5.74, 6) is 0.0902. The van der Waals surface area contributed by atoms with Gasteiger partial charge in [-0.15, -0.1) is 0 Å². The SMILES string of the molecule is CC(C)NCCNCCN1CCN([C@@H]2C[C@@H](c3ccc(F)cc3)c3cc(Cl)ccc32)CC1. The van der Waals surface area contributed by atoms with E-state index in [4.69, 9.17) is 11.6 Å². The highest BCUT2D eigenvalue weighted by atomic mass is 35.5. The molecule has 1 saturated heterocycles. The maximum Gasteiger partial charge on any atom is 0.123 e. The van der Waals surface area contributed by atoms with Gasteiger partial charge in [0.05, 0.1) is 0 Å². The van der Waals surface area contributed by atoms with Crippen LogP contribution in [-0.2, 0) is 0 Å². The minimum atomic E-state index is -0.184. The van der Waals surface area contributed by atoms with Gasteiger partial charge in [-0.1, -0.05) is 43.6 Å². The molecule has 2 aromatic carbocycles. The van der Waals surface area contributed by atoms with Crippen molar-refractivity contribution < 1.29 is 4.39 Å². The van der Waals surface area contributed by atoms with Gasteiger partial charge in [0.25, 0.3) is 0 Å². The summed E-state index contributed by atoms with van der Waals surface area (Å²) in [6, 6.07) is 14.3. The lowest BCUT2D eigenvalue weighted by Crippen LogP contribution is -2.49. The van der Waals surface area contributed by atoms with Gasteiger partial charge < -0.3 is 10.6 Å². The number of hydrogen-bond donors (Lipinski definition) is 2. The van der Waals surface area contributed by atoms with Crippen LogP contribution in [0.4, 0.5) is 4.39 Å². The standard InChI is InChI=1S/C26H36ClFN4/c1-19(2)30-10-9-29-11-12-31-13-15-32(16-14-31)26-18-24(20-3-6-22(28)7-4-20)25-17-21(27)5-8-23(25)26/h3-8,17,19,24,26,29-30H,9-16,18H2,1-2H3/t24-,26+/m0/s1. The Balaban J connectivity index is 1.32. The first kappa shape index (κ1) is 23.7.